The van der Waals surface area contributed by atoms with E-state index in [0.29, 0.717) is 17.5 Å². The maximum atomic E-state index is 6.58. The van der Waals surface area contributed by atoms with Crippen molar-refractivity contribution in [3.05, 3.63) is 200 Å². The van der Waals surface area contributed by atoms with Crippen LogP contribution in [0.4, 0.5) is 0 Å². The van der Waals surface area contributed by atoms with E-state index in [4.69, 9.17) is 19.4 Å². The Hall–Kier alpha value is -7.69. The van der Waals surface area contributed by atoms with Gasteiger partial charge >= 0.3 is 0 Å². The second-order valence-electron chi connectivity index (χ2n) is 14.4. The Morgan fingerprint density at radius 1 is 0.281 bits per heavy atom. The Labute approximate surface area is 329 Å². The molecule has 11 aromatic rings. The lowest BCUT2D eigenvalue weighted by Gasteiger charge is -2.15. The number of furan rings is 1. The average molecular weight is 728 g/mol. The average Bonchev–Trinajstić information content (AvgIpc) is 3.67. The lowest BCUT2D eigenvalue weighted by molar-refractivity contribution is 0.669. The molecule has 57 heavy (non-hydrogen) atoms. The molecule has 266 valence electrons. The van der Waals surface area contributed by atoms with Crippen molar-refractivity contribution in [1.29, 1.82) is 0 Å². The molecule has 0 unspecified atom stereocenters. The topological polar surface area (TPSA) is 51.8 Å². The Balaban J connectivity index is 1.10. The molecule has 0 radical (unpaired) electrons. The van der Waals surface area contributed by atoms with Crippen LogP contribution in [-0.2, 0) is 0 Å². The molecule has 0 fully saturated rings. The molecular formula is C53H33N3O. The van der Waals surface area contributed by atoms with Crippen LogP contribution in [0, 0.1) is 0 Å². The van der Waals surface area contributed by atoms with Crippen molar-refractivity contribution in [1.82, 2.24) is 15.0 Å². The SMILES string of the molecule is c1ccc(-c2nc(-c3ccc(-c4ccccc4)c(-c4cccc5ccccc45)c3)nc(-c3cccc4oc5cc(-c6ccc7ccccc7c6)ccc5c34)n2)cc1. The van der Waals surface area contributed by atoms with E-state index in [0.717, 1.165) is 72.0 Å². The van der Waals surface area contributed by atoms with Gasteiger partial charge in [-0.3, -0.25) is 0 Å². The van der Waals surface area contributed by atoms with E-state index in [1.54, 1.807) is 0 Å². The van der Waals surface area contributed by atoms with Gasteiger partial charge in [0.2, 0.25) is 0 Å². The van der Waals surface area contributed by atoms with Gasteiger partial charge in [0.25, 0.3) is 0 Å². The smallest absolute Gasteiger partial charge is 0.164 e. The Bertz CT molecular complexity index is 3290. The highest BCUT2D eigenvalue weighted by molar-refractivity contribution is 6.12. The third kappa shape index (κ3) is 5.83. The van der Waals surface area contributed by atoms with E-state index in [1.807, 2.05) is 42.5 Å². The first-order valence-electron chi connectivity index (χ1n) is 19.2. The van der Waals surface area contributed by atoms with Gasteiger partial charge in [-0.1, -0.05) is 170 Å². The van der Waals surface area contributed by atoms with Crippen LogP contribution in [0.5, 0.6) is 0 Å². The van der Waals surface area contributed by atoms with Gasteiger partial charge in [0.1, 0.15) is 11.2 Å². The summed E-state index contributed by atoms with van der Waals surface area (Å²) in [5.41, 5.74) is 11.1. The summed E-state index contributed by atoms with van der Waals surface area (Å²) in [6.45, 7) is 0. The summed E-state index contributed by atoms with van der Waals surface area (Å²) in [7, 11) is 0. The van der Waals surface area contributed by atoms with Crippen molar-refractivity contribution in [3.63, 3.8) is 0 Å². The molecule has 2 heterocycles. The van der Waals surface area contributed by atoms with Gasteiger partial charge in [-0.05, 0) is 85.3 Å². The maximum absolute atomic E-state index is 6.58. The summed E-state index contributed by atoms with van der Waals surface area (Å²) in [6.07, 6.45) is 0. The Morgan fingerprint density at radius 3 is 1.74 bits per heavy atom. The van der Waals surface area contributed by atoms with Crippen molar-refractivity contribution in [2.45, 2.75) is 0 Å². The maximum Gasteiger partial charge on any atom is 0.164 e. The summed E-state index contributed by atoms with van der Waals surface area (Å²) in [4.78, 5) is 15.6. The zero-order valence-electron chi connectivity index (χ0n) is 30.8. The molecule has 0 spiro atoms. The molecule has 0 aliphatic heterocycles. The largest absolute Gasteiger partial charge is 0.456 e. The van der Waals surface area contributed by atoms with Crippen LogP contribution < -0.4 is 0 Å². The molecule has 11 rings (SSSR count). The van der Waals surface area contributed by atoms with E-state index in [1.165, 1.54) is 21.5 Å². The number of hydrogen-bond donors (Lipinski definition) is 0. The Morgan fingerprint density at radius 2 is 0.895 bits per heavy atom. The summed E-state index contributed by atoms with van der Waals surface area (Å²) < 4.78 is 6.58. The van der Waals surface area contributed by atoms with Crippen molar-refractivity contribution in [2.75, 3.05) is 0 Å². The fourth-order valence-corrected chi connectivity index (χ4v) is 8.14. The lowest BCUT2D eigenvalue weighted by atomic mass is 9.90. The predicted molar refractivity (Wildman–Crippen MR) is 235 cm³/mol. The molecule has 0 atom stereocenters. The number of aromatic nitrogens is 3. The van der Waals surface area contributed by atoms with E-state index < -0.39 is 0 Å². The highest BCUT2D eigenvalue weighted by Gasteiger charge is 2.20. The third-order valence-electron chi connectivity index (χ3n) is 10.9. The molecule has 0 amide bonds. The quantitative estimate of drug-likeness (QED) is 0.171. The van der Waals surface area contributed by atoms with E-state index in [-0.39, 0.29) is 0 Å². The van der Waals surface area contributed by atoms with Crippen molar-refractivity contribution in [3.8, 4) is 67.5 Å². The molecule has 9 aromatic carbocycles. The predicted octanol–water partition coefficient (Wildman–Crippen LogP) is 14.1. The molecule has 0 aliphatic rings. The number of benzene rings is 9. The zero-order chi connectivity index (χ0) is 37.7. The summed E-state index contributed by atoms with van der Waals surface area (Å²) in [6, 6.07) is 70.0. The fourth-order valence-electron chi connectivity index (χ4n) is 8.14. The summed E-state index contributed by atoms with van der Waals surface area (Å²) >= 11 is 0. The summed E-state index contributed by atoms with van der Waals surface area (Å²) in [5.74, 6) is 1.80. The minimum Gasteiger partial charge on any atom is -0.456 e. The molecule has 4 heteroatoms. The van der Waals surface area contributed by atoms with Gasteiger partial charge in [-0.15, -0.1) is 0 Å². The third-order valence-corrected chi connectivity index (χ3v) is 10.9. The van der Waals surface area contributed by atoms with Gasteiger partial charge < -0.3 is 4.42 Å². The van der Waals surface area contributed by atoms with Gasteiger partial charge in [0.15, 0.2) is 17.5 Å². The second-order valence-corrected chi connectivity index (χ2v) is 14.4. The van der Waals surface area contributed by atoms with E-state index in [9.17, 15) is 0 Å². The first-order valence-corrected chi connectivity index (χ1v) is 19.2. The number of fused-ring (bicyclic) bond motifs is 5. The molecular weight excluding hydrogens is 695 g/mol. The van der Waals surface area contributed by atoms with Crippen molar-refractivity contribution >= 4 is 43.5 Å². The van der Waals surface area contributed by atoms with Gasteiger partial charge in [0, 0.05) is 27.5 Å². The van der Waals surface area contributed by atoms with Gasteiger partial charge in [-0.2, -0.15) is 0 Å². The van der Waals surface area contributed by atoms with Crippen LogP contribution in [0.2, 0.25) is 0 Å². The van der Waals surface area contributed by atoms with Crippen LogP contribution in [0.25, 0.3) is 111 Å². The molecule has 0 bridgehead atoms. The van der Waals surface area contributed by atoms with Crippen LogP contribution in [0.15, 0.2) is 205 Å². The van der Waals surface area contributed by atoms with Crippen LogP contribution in [-0.4, -0.2) is 15.0 Å². The molecule has 0 N–H and O–H groups in total. The van der Waals surface area contributed by atoms with Crippen LogP contribution in [0.3, 0.4) is 0 Å². The standard InChI is InChI=1S/C53H33N3O/c1-3-14-35(15-4-1)43-29-28-41(32-47(43)44-22-11-20-36-16-9-10-21-42(36)44)52-54-51(37-17-5-2-6-18-37)55-53(56-52)46-23-12-24-48-50(46)45-30-27-40(33-49(45)57-48)39-26-25-34-13-7-8-19-38(34)31-39/h1-33H. The molecule has 0 saturated carbocycles. The molecule has 4 nitrogen and oxygen atoms in total. The lowest BCUT2D eigenvalue weighted by Crippen LogP contribution is -2.01. The van der Waals surface area contributed by atoms with Crippen LogP contribution in [0.1, 0.15) is 0 Å². The van der Waals surface area contributed by atoms with E-state index >= 15 is 0 Å². The number of rotatable bonds is 6. The molecule has 0 saturated heterocycles. The molecule has 2 aromatic heterocycles. The first kappa shape index (κ1) is 32.7. The van der Waals surface area contributed by atoms with Gasteiger partial charge in [-0.25, -0.2) is 15.0 Å². The normalized spacial score (nSPS) is 11.5. The fraction of sp³-hybridized carbons (Fsp3) is 0. The summed E-state index contributed by atoms with van der Waals surface area (Å²) in [5, 5.41) is 6.80. The zero-order valence-corrected chi connectivity index (χ0v) is 30.8. The van der Waals surface area contributed by atoms with Crippen LogP contribution >= 0.6 is 0 Å². The van der Waals surface area contributed by atoms with E-state index in [2.05, 4.69) is 158 Å². The second kappa shape index (κ2) is 13.6. The highest BCUT2D eigenvalue weighted by atomic mass is 16.3. The number of hydrogen-bond acceptors (Lipinski definition) is 4. The van der Waals surface area contributed by atoms with Gasteiger partial charge in [0.05, 0.1) is 0 Å². The van der Waals surface area contributed by atoms with Crippen molar-refractivity contribution in [2.24, 2.45) is 0 Å². The monoisotopic (exact) mass is 727 g/mol. The minimum absolute atomic E-state index is 0.588. The highest BCUT2D eigenvalue weighted by Crippen LogP contribution is 2.41. The minimum atomic E-state index is 0.588. The first-order chi connectivity index (χ1) is 28.2. The Kier molecular flexibility index (Phi) is 7.78. The van der Waals surface area contributed by atoms with Crippen molar-refractivity contribution < 1.29 is 4.42 Å². The number of nitrogens with zero attached hydrogens (tertiary/aromatic N) is 3. The molecule has 0 aliphatic carbocycles.